The van der Waals surface area contributed by atoms with Crippen molar-refractivity contribution in [3.63, 3.8) is 0 Å². The van der Waals surface area contributed by atoms with Crippen LogP contribution in [-0.2, 0) is 22.2 Å². The second-order valence-electron chi connectivity index (χ2n) is 11.2. The number of nitrogens with zero attached hydrogens (tertiary/aromatic N) is 5. The number of rotatable bonds is 13. The van der Waals surface area contributed by atoms with E-state index >= 15 is 0 Å². The number of nitriles is 1. The minimum atomic E-state index is -4.75. The van der Waals surface area contributed by atoms with Gasteiger partial charge in [-0.3, -0.25) is 9.59 Å². The number of carbonyl (C=O) groups excluding carboxylic acids is 2. The Morgan fingerprint density at radius 1 is 1.07 bits per heavy atom. The highest BCUT2D eigenvalue weighted by Gasteiger charge is 2.40. The Hall–Kier alpha value is -3.96. The topological polar surface area (TPSA) is 155 Å². The van der Waals surface area contributed by atoms with E-state index in [9.17, 15) is 27.9 Å². The molecule has 14 heteroatoms. The van der Waals surface area contributed by atoms with Gasteiger partial charge in [0.05, 0.1) is 24.3 Å². The Balaban J connectivity index is 1.31. The Morgan fingerprint density at radius 2 is 1.77 bits per heavy atom. The van der Waals surface area contributed by atoms with Gasteiger partial charge in [-0.1, -0.05) is 12.1 Å². The van der Waals surface area contributed by atoms with Crippen LogP contribution in [0.4, 0.5) is 24.8 Å². The molecule has 2 aliphatic rings. The zero-order chi connectivity index (χ0) is 31.7. The monoisotopic (exact) mass is 617 g/mol. The number of aliphatic hydroxyl groups is 2. The Bertz CT molecular complexity index is 1310. The highest BCUT2D eigenvalue weighted by atomic mass is 19.4. The van der Waals surface area contributed by atoms with Crippen molar-refractivity contribution < 1.29 is 33.0 Å². The molecule has 2 aromatic rings. The fourth-order valence-electron chi connectivity index (χ4n) is 5.37. The van der Waals surface area contributed by atoms with Gasteiger partial charge >= 0.3 is 6.18 Å². The Morgan fingerprint density at radius 3 is 2.39 bits per heavy atom. The summed E-state index contributed by atoms with van der Waals surface area (Å²) in [5.74, 6) is -1.16. The maximum Gasteiger partial charge on any atom is 0.451 e. The van der Waals surface area contributed by atoms with Gasteiger partial charge in [0, 0.05) is 45.2 Å². The first-order valence-corrected chi connectivity index (χ1v) is 14.9. The second kappa shape index (κ2) is 15.2. The third-order valence-corrected chi connectivity index (χ3v) is 8.07. The van der Waals surface area contributed by atoms with E-state index < -0.39 is 30.8 Å². The van der Waals surface area contributed by atoms with Crippen LogP contribution >= 0.6 is 0 Å². The molecule has 1 aromatic heterocycles. The van der Waals surface area contributed by atoms with E-state index in [-0.39, 0.29) is 30.0 Å². The van der Waals surface area contributed by atoms with E-state index in [0.29, 0.717) is 63.3 Å². The van der Waals surface area contributed by atoms with Crippen LogP contribution in [0.2, 0.25) is 0 Å². The zero-order valence-corrected chi connectivity index (χ0v) is 24.4. The molecule has 3 heterocycles. The number of benzene rings is 1. The highest BCUT2D eigenvalue weighted by molar-refractivity contribution is 5.86. The molecule has 0 saturated carbocycles. The van der Waals surface area contributed by atoms with E-state index in [0.717, 1.165) is 24.8 Å². The summed E-state index contributed by atoms with van der Waals surface area (Å²) in [5, 5.41) is 32.5. The van der Waals surface area contributed by atoms with Gasteiger partial charge in [-0.25, -0.2) is 9.97 Å². The van der Waals surface area contributed by atoms with Gasteiger partial charge in [-0.05, 0) is 62.1 Å². The van der Waals surface area contributed by atoms with Crippen LogP contribution in [-0.4, -0.2) is 83.5 Å². The van der Waals surface area contributed by atoms with Gasteiger partial charge in [-0.2, -0.15) is 18.4 Å². The van der Waals surface area contributed by atoms with Crippen molar-refractivity contribution in [3.8, 4) is 6.07 Å². The summed E-state index contributed by atoms with van der Waals surface area (Å²) in [6, 6.07) is 9.99. The number of aliphatic hydroxyl groups excluding tert-OH is 2. The number of aromatic nitrogens is 2. The molecule has 2 atom stereocenters. The van der Waals surface area contributed by atoms with Crippen LogP contribution in [0.1, 0.15) is 55.5 Å². The van der Waals surface area contributed by atoms with Gasteiger partial charge in [0.25, 0.3) is 0 Å². The minimum absolute atomic E-state index is 0.00269. The number of hydrogen-bond donors (Lipinski definition) is 4. The molecule has 2 saturated heterocycles. The van der Waals surface area contributed by atoms with Crippen LogP contribution in [0, 0.1) is 17.2 Å². The van der Waals surface area contributed by atoms with Crippen LogP contribution in [0.25, 0.3) is 0 Å². The third-order valence-electron chi connectivity index (χ3n) is 8.07. The summed E-state index contributed by atoms with van der Waals surface area (Å²) >= 11 is 0. The molecular formula is C30H38F3N7O4. The number of alkyl halides is 3. The molecule has 4 N–H and O–H groups in total. The van der Waals surface area contributed by atoms with Crippen LogP contribution in [0.3, 0.4) is 0 Å². The Labute approximate surface area is 254 Å². The van der Waals surface area contributed by atoms with Crippen molar-refractivity contribution in [1.29, 1.82) is 5.26 Å². The molecule has 0 radical (unpaired) electrons. The quantitative estimate of drug-likeness (QED) is 0.265. The Kier molecular flexibility index (Phi) is 11.4. The normalized spacial score (nSPS) is 17.9. The number of nitrogens with one attached hydrogen (secondary N) is 2. The van der Waals surface area contributed by atoms with E-state index in [1.165, 1.54) is 6.07 Å². The van der Waals surface area contributed by atoms with E-state index in [1.54, 1.807) is 17.0 Å². The third kappa shape index (κ3) is 9.03. The van der Waals surface area contributed by atoms with Gasteiger partial charge in [0.15, 0.2) is 0 Å². The number of anilines is 2. The molecule has 2 aliphatic heterocycles. The molecule has 0 spiro atoms. The fourth-order valence-corrected chi connectivity index (χ4v) is 5.37. The number of carbonyl (C=O) groups is 2. The molecule has 1 unspecified atom stereocenters. The first-order chi connectivity index (χ1) is 21.1. The average molecular weight is 618 g/mol. The van der Waals surface area contributed by atoms with E-state index in [4.69, 9.17) is 10.4 Å². The molecule has 2 amide bonds. The number of piperidine rings is 1. The first kappa shape index (κ1) is 32.9. The molecule has 238 valence electrons. The van der Waals surface area contributed by atoms with Crippen molar-refractivity contribution in [2.75, 3.05) is 49.1 Å². The standard InChI is InChI=1S/C30H38F3N7O4/c31-30(32,33)29-37-25(39-13-9-20(10-14-39)2-1-3-27(43)36-18-23(42)19-41)16-26(38-29)40-15-11-24(40)28(44)35-12-8-21-4-6-22(17-34)7-5-21/h4-7,16,20,23-24,41-42H,1-3,8-15,18-19H2,(H,35,44)(H,36,43)/t23-,24?/m1/s1. The van der Waals surface area contributed by atoms with Crippen LogP contribution in [0.15, 0.2) is 30.3 Å². The van der Waals surface area contributed by atoms with Gasteiger partial charge in [0.1, 0.15) is 17.7 Å². The molecular weight excluding hydrogens is 579 g/mol. The lowest BCUT2D eigenvalue weighted by atomic mass is 9.91. The maximum atomic E-state index is 13.8. The van der Waals surface area contributed by atoms with Gasteiger partial charge < -0.3 is 30.6 Å². The van der Waals surface area contributed by atoms with E-state index in [2.05, 4.69) is 26.7 Å². The largest absolute Gasteiger partial charge is 0.451 e. The maximum absolute atomic E-state index is 13.8. The lowest BCUT2D eigenvalue weighted by Crippen LogP contribution is -2.57. The molecule has 4 rings (SSSR count). The van der Waals surface area contributed by atoms with Crippen molar-refractivity contribution in [3.05, 3.63) is 47.3 Å². The van der Waals surface area contributed by atoms with Crippen molar-refractivity contribution in [1.82, 2.24) is 20.6 Å². The second-order valence-corrected chi connectivity index (χ2v) is 11.2. The number of hydrogen-bond acceptors (Lipinski definition) is 9. The zero-order valence-electron chi connectivity index (χ0n) is 24.4. The summed E-state index contributed by atoms with van der Waals surface area (Å²) in [5.41, 5.74) is 1.50. The van der Waals surface area contributed by atoms with Gasteiger partial charge in [0.2, 0.25) is 17.6 Å². The fraction of sp³-hybridized carbons (Fsp3) is 0.567. The van der Waals surface area contributed by atoms with Crippen molar-refractivity contribution in [2.24, 2.45) is 5.92 Å². The van der Waals surface area contributed by atoms with Crippen molar-refractivity contribution in [2.45, 2.75) is 63.3 Å². The minimum Gasteiger partial charge on any atom is -0.394 e. The average Bonchev–Trinajstić information content (AvgIpc) is 2.99. The lowest BCUT2D eigenvalue weighted by molar-refractivity contribution is -0.144. The van der Waals surface area contributed by atoms with Crippen molar-refractivity contribution >= 4 is 23.5 Å². The summed E-state index contributed by atoms with van der Waals surface area (Å²) in [6.45, 7) is 1.34. The summed E-state index contributed by atoms with van der Waals surface area (Å²) in [6.07, 6.45) is -1.48. The molecule has 1 aromatic carbocycles. The molecule has 0 aliphatic carbocycles. The van der Waals surface area contributed by atoms with Gasteiger partial charge in [-0.15, -0.1) is 0 Å². The number of halogens is 3. The predicted octanol–water partition coefficient (Wildman–Crippen LogP) is 2.16. The predicted molar refractivity (Wildman–Crippen MR) is 156 cm³/mol. The molecule has 0 bridgehead atoms. The van der Waals surface area contributed by atoms with E-state index in [1.807, 2.05) is 17.0 Å². The summed E-state index contributed by atoms with van der Waals surface area (Å²) in [7, 11) is 0. The van der Waals surface area contributed by atoms with Crippen LogP contribution in [0.5, 0.6) is 0 Å². The van der Waals surface area contributed by atoms with Crippen LogP contribution < -0.4 is 20.4 Å². The summed E-state index contributed by atoms with van der Waals surface area (Å²) in [4.78, 5) is 35.8. The SMILES string of the molecule is N#Cc1ccc(CCNC(=O)C2CCN2c2cc(N3CCC(CCCC(=O)NC[C@@H](O)CO)CC3)nc(C(F)(F)F)n2)cc1. The molecule has 44 heavy (non-hydrogen) atoms. The summed E-state index contributed by atoms with van der Waals surface area (Å²) < 4.78 is 41.4. The smallest absolute Gasteiger partial charge is 0.394 e. The number of amides is 2. The lowest BCUT2D eigenvalue weighted by Gasteiger charge is -2.41. The molecule has 11 nitrogen and oxygen atoms in total. The first-order valence-electron chi connectivity index (χ1n) is 14.9. The molecule has 2 fully saturated rings. The highest BCUT2D eigenvalue weighted by Crippen LogP contribution is 2.34.